The molecule has 10 nitrogen and oxygen atoms in total. The van der Waals surface area contributed by atoms with Gasteiger partial charge in [-0.2, -0.15) is 5.10 Å². The number of rotatable bonds is 6. The summed E-state index contributed by atoms with van der Waals surface area (Å²) in [5.41, 5.74) is 2.58. The number of piperidine rings is 1. The second-order valence-electron chi connectivity index (χ2n) is 10.9. The zero-order chi connectivity index (χ0) is 24.6. The summed E-state index contributed by atoms with van der Waals surface area (Å²) in [5.74, 6) is 1.69. The van der Waals surface area contributed by atoms with Crippen molar-refractivity contribution < 1.29 is 13.9 Å². The van der Waals surface area contributed by atoms with E-state index in [1.54, 1.807) is 0 Å². The van der Waals surface area contributed by atoms with Gasteiger partial charge in [-0.3, -0.25) is 19.3 Å². The number of hydrogen-bond donors (Lipinski definition) is 0. The number of carbonyl (C=O) groups excluding carboxylic acids is 1. The Morgan fingerprint density at radius 2 is 1.91 bits per heavy atom. The number of aryl methyl sites for hydroxylation is 2. The molecule has 35 heavy (non-hydrogen) atoms. The number of ether oxygens (including phenoxy) is 1. The van der Waals surface area contributed by atoms with E-state index < -0.39 is 0 Å². The summed E-state index contributed by atoms with van der Waals surface area (Å²) < 4.78 is 13.4. The van der Waals surface area contributed by atoms with Gasteiger partial charge >= 0.3 is 0 Å². The van der Waals surface area contributed by atoms with Crippen LogP contribution in [0.15, 0.2) is 10.6 Å². The lowest BCUT2D eigenvalue weighted by Crippen LogP contribution is -2.46. The molecule has 0 N–H and O–H groups in total. The SMILES string of the molecule is Cc1nn(C)cc1CN1CCC2(CC1)CC(c1nnc(C(C)C)o1)N(CC(=O)N1CCOCC1)C2. The summed E-state index contributed by atoms with van der Waals surface area (Å²) in [5, 5.41) is 13.2. The molecule has 5 rings (SSSR count). The van der Waals surface area contributed by atoms with Gasteiger partial charge in [0.2, 0.25) is 17.7 Å². The largest absolute Gasteiger partial charge is 0.423 e. The molecule has 3 aliphatic rings. The monoisotopic (exact) mass is 485 g/mol. The molecule has 3 fully saturated rings. The summed E-state index contributed by atoms with van der Waals surface area (Å²) >= 11 is 0. The normalized spacial score (nSPS) is 23.6. The second-order valence-corrected chi connectivity index (χ2v) is 10.9. The zero-order valence-corrected chi connectivity index (χ0v) is 21.6. The molecule has 0 radical (unpaired) electrons. The first kappa shape index (κ1) is 24.4. The van der Waals surface area contributed by atoms with Gasteiger partial charge in [0.25, 0.3) is 0 Å². The minimum absolute atomic E-state index is 0.00731. The van der Waals surface area contributed by atoms with Crippen LogP contribution in [0.5, 0.6) is 0 Å². The fourth-order valence-corrected chi connectivity index (χ4v) is 5.85. The molecule has 192 valence electrons. The molecule has 3 aliphatic heterocycles. The molecular formula is C25H39N7O3. The van der Waals surface area contributed by atoms with Gasteiger partial charge in [0.05, 0.1) is 31.5 Å². The quantitative estimate of drug-likeness (QED) is 0.614. The van der Waals surface area contributed by atoms with Crippen LogP contribution in [-0.2, 0) is 23.1 Å². The lowest BCUT2D eigenvalue weighted by molar-refractivity contribution is -0.136. The average Bonchev–Trinajstić information content (AvgIpc) is 3.54. The highest BCUT2D eigenvalue weighted by atomic mass is 16.5. The van der Waals surface area contributed by atoms with E-state index >= 15 is 0 Å². The van der Waals surface area contributed by atoms with E-state index in [4.69, 9.17) is 9.15 Å². The van der Waals surface area contributed by atoms with Crippen molar-refractivity contribution in [1.29, 1.82) is 0 Å². The van der Waals surface area contributed by atoms with Crippen molar-refractivity contribution >= 4 is 5.91 Å². The molecular weight excluding hydrogens is 446 g/mol. The van der Waals surface area contributed by atoms with Crippen LogP contribution in [0.1, 0.15) is 68.1 Å². The lowest BCUT2D eigenvalue weighted by atomic mass is 9.76. The minimum Gasteiger partial charge on any atom is -0.423 e. The number of hydrogen-bond acceptors (Lipinski definition) is 8. The maximum Gasteiger partial charge on any atom is 0.236 e. The number of carbonyl (C=O) groups is 1. The molecule has 5 heterocycles. The van der Waals surface area contributed by atoms with Crippen molar-refractivity contribution in [3.05, 3.63) is 29.2 Å². The van der Waals surface area contributed by atoms with Crippen LogP contribution < -0.4 is 0 Å². The Morgan fingerprint density at radius 1 is 1.17 bits per heavy atom. The molecule has 0 saturated carbocycles. The van der Waals surface area contributed by atoms with E-state index in [1.807, 2.05) is 16.6 Å². The van der Waals surface area contributed by atoms with Gasteiger partial charge in [-0.1, -0.05) is 13.8 Å². The van der Waals surface area contributed by atoms with Crippen molar-refractivity contribution in [3.63, 3.8) is 0 Å². The first-order valence-corrected chi connectivity index (χ1v) is 13.0. The van der Waals surface area contributed by atoms with Crippen molar-refractivity contribution in [3.8, 4) is 0 Å². The fourth-order valence-electron chi connectivity index (χ4n) is 5.85. The van der Waals surface area contributed by atoms with Gasteiger partial charge in [-0.05, 0) is 44.7 Å². The molecule has 0 aliphatic carbocycles. The molecule has 10 heteroatoms. The van der Waals surface area contributed by atoms with Gasteiger partial charge in [-0.15, -0.1) is 10.2 Å². The van der Waals surface area contributed by atoms with Crippen LogP contribution in [0, 0.1) is 12.3 Å². The smallest absolute Gasteiger partial charge is 0.236 e. The first-order chi connectivity index (χ1) is 16.8. The highest BCUT2D eigenvalue weighted by Gasteiger charge is 2.48. The molecule has 0 bridgehead atoms. The van der Waals surface area contributed by atoms with E-state index in [9.17, 15) is 4.79 Å². The Morgan fingerprint density at radius 3 is 2.54 bits per heavy atom. The van der Waals surface area contributed by atoms with Crippen LogP contribution in [0.25, 0.3) is 0 Å². The Hall–Kier alpha value is -2.30. The van der Waals surface area contributed by atoms with Crippen molar-refractivity contribution in [2.24, 2.45) is 12.5 Å². The molecule has 1 atom stereocenters. The number of likely N-dealkylation sites (tertiary alicyclic amines) is 2. The van der Waals surface area contributed by atoms with E-state index in [2.05, 4.69) is 52.1 Å². The van der Waals surface area contributed by atoms with Gasteiger partial charge in [0.1, 0.15) is 0 Å². The Labute approximate surface area is 207 Å². The predicted molar refractivity (Wildman–Crippen MR) is 130 cm³/mol. The van der Waals surface area contributed by atoms with Gasteiger partial charge in [-0.25, -0.2) is 0 Å². The van der Waals surface area contributed by atoms with E-state index in [0.29, 0.717) is 44.6 Å². The Bertz CT molecular complexity index is 1020. The third-order valence-electron chi connectivity index (χ3n) is 7.97. The van der Waals surface area contributed by atoms with Gasteiger partial charge in [0.15, 0.2) is 0 Å². The third kappa shape index (κ3) is 5.29. The van der Waals surface area contributed by atoms with E-state index in [1.165, 1.54) is 5.56 Å². The summed E-state index contributed by atoms with van der Waals surface area (Å²) in [4.78, 5) is 19.9. The Kier molecular flexibility index (Phi) is 6.96. The number of morpholine rings is 1. The molecule has 3 saturated heterocycles. The molecule has 1 spiro atoms. The minimum atomic E-state index is -0.00731. The molecule has 1 amide bonds. The molecule has 0 aromatic carbocycles. The van der Waals surface area contributed by atoms with E-state index in [-0.39, 0.29) is 23.3 Å². The predicted octanol–water partition coefficient (Wildman–Crippen LogP) is 2.12. The summed E-state index contributed by atoms with van der Waals surface area (Å²) in [6.45, 7) is 13.1. The average molecular weight is 486 g/mol. The highest BCUT2D eigenvalue weighted by Crippen LogP contribution is 2.49. The lowest BCUT2D eigenvalue weighted by Gasteiger charge is -2.39. The van der Waals surface area contributed by atoms with Crippen LogP contribution in [-0.4, -0.2) is 93.1 Å². The van der Waals surface area contributed by atoms with E-state index in [0.717, 1.165) is 51.1 Å². The molecule has 1 unspecified atom stereocenters. The zero-order valence-electron chi connectivity index (χ0n) is 21.6. The van der Waals surface area contributed by atoms with Gasteiger partial charge in [0, 0.05) is 50.9 Å². The summed E-state index contributed by atoms with van der Waals surface area (Å²) in [6.07, 6.45) is 5.31. The van der Waals surface area contributed by atoms with Gasteiger partial charge < -0.3 is 14.1 Å². The summed E-state index contributed by atoms with van der Waals surface area (Å²) in [6, 6.07) is -0.00731. The Balaban J connectivity index is 1.28. The molecule has 2 aromatic heterocycles. The maximum absolute atomic E-state index is 13.2. The van der Waals surface area contributed by atoms with Crippen molar-refractivity contribution in [2.45, 2.75) is 58.5 Å². The number of amides is 1. The number of aromatic nitrogens is 4. The fraction of sp³-hybridized carbons (Fsp3) is 0.760. The number of nitrogens with zero attached hydrogens (tertiary/aromatic N) is 7. The summed E-state index contributed by atoms with van der Waals surface area (Å²) in [7, 11) is 1.98. The first-order valence-electron chi connectivity index (χ1n) is 13.0. The van der Waals surface area contributed by atoms with Crippen molar-refractivity contribution in [1.82, 2.24) is 34.7 Å². The van der Waals surface area contributed by atoms with Crippen LogP contribution >= 0.6 is 0 Å². The topological polar surface area (TPSA) is 92.8 Å². The van der Waals surface area contributed by atoms with Crippen molar-refractivity contribution in [2.75, 3.05) is 52.5 Å². The second kappa shape index (κ2) is 9.99. The van der Waals surface area contributed by atoms with Crippen LogP contribution in [0.3, 0.4) is 0 Å². The molecule has 2 aromatic rings. The third-order valence-corrected chi connectivity index (χ3v) is 7.97. The standard InChI is InChI=1S/C25H39N7O3/c1-18(2)23-26-27-24(35-23)21-13-25(17-32(21)16-22(33)31-9-11-34-12-10-31)5-7-30(8-6-25)15-20-14-29(4)28-19(20)3/h14,18,21H,5-13,15-17H2,1-4H3. The maximum atomic E-state index is 13.2. The van der Waals surface area contributed by atoms with Crippen LogP contribution in [0.4, 0.5) is 0 Å². The van der Waals surface area contributed by atoms with Crippen LogP contribution in [0.2, 0.25) is 0 Å². The highest BCUT2D eigenvalue weighted by molar-refractivity contribution is 5.78.